The molecule has 0 radical (unpaired) electrons. The Bertz CT molecular complexity index is 500. The summed E-state index contributed by atoms with van der Waals surface area (Å²) >= 11 is 0. The van der Waals surface area contributed by atoms with Crippen molar-refractivity contribution in [2.24, 2.45) is 0 Å². The molecule has 0 spiro atoms. The minimum atomic E-state index is -4.40. The van der Waals surface area contributed by atoms with Crippen LogP contribution in [-0.4, -0.2) is 10.9 Å². The van der Waals surface area contributed by atoms with Crippen molar-refractivity contribution < 1.29 is 23.1 Å². The molecule has 1 aliphatic carbocycles. The predicted molar refractivity (Wildman–Crippen MR) is 63.3 cm³/mol. The zero-order chi connectivity index (χ0) is 14.0. The molecule has 5 heteroatoms. The first-order valence-corrected chi connectivity index (χ1v) is 5.98. The summed E-state index contributed by atoms with van der Waals surface area (Å²) in [6.45, 7) is 0. The molecule has 1 aromatic carbocycles. The van der Waals surface area contributed by atoms with E-state index in [0.29, 0.717) is 18.4 Å². The molecule has 1 atom stereocenters. The lowest BCUT2D eigenvalue weighted by Crippen LogP contribution is -2.15. The maximum absolute atomic E-state index is 12.4. The number of alkyl halides is 3. The Morgan fingerprint density at radius 1 is 1.16 bits per heavy atom. The van der Waals surface area contributed by atoms with Crippen LogP contribution in [0.1, 0.15) is 36.5 Å². The highest BCUT2D eigenvalue weighted by Gasteiger charge is 2.30. The van der Waals surface area contributed by atoms with Crippen LogP contribution in [0.15, 0.2) is 35.9 Å². The van der Waals surface area contributed by atoms with E-state index in [0.717, 1.165) is 18.6 Å². The molecular formula is C14H13F3O2. The average Bonchev–Trinajstić information content (AvgIpc) is 2.38. The predicted octanol–water partition coefficient (Wildman–Crippen LogP) is 3.42. The van der Waals surface area contributed by atoms with Crippen LogP contribution in [0.5, 0.6) is 0 Å². The molecule has 1 aromatic rings. The summed E-state index contributed by atoms with van der Waals surface area (Å²) in [5.74, 6) is -0.140. The third-order valence-electron chi connectivity index (χ3n) is 3.14. The van der Waals surface area contributed by atoms with Crippen LogP contribution in [0.2, 0.25) is 0 Å². The van der Waals surface area contributed by atoms with Crippen LogP contribution < -0.4 is 0 Å². The van der Waals surface area contributed by atoms with E-state index in [2.05, 4.69) is 0 Å². The fourth-order valence-electron chi connectivity index (χ4n) is 2.08. The topological polar surface area (TPSA) is 37.3 Å². The normalized spacial score (nSPS) is 18.1. The van der Waals surface area contributed by atoms with Gasteiger partial charge in [-0.05, 0) is 30.5 Å². The monoisotopic (exact) mass is 270 g/mol. The molecule has 1 unspecified atom stereocenters. The van der Waals surface area contributed by atoms with Gasteiger partial charge in [0.05, 0.1) is 5.56 Å². The molecule has 0 saturated carbocycles. The molecule has 2 nitrogen and oxygen atoms in total. The molecule has 0 fully saturated rings. The number of Topliss-reactive ketones (excluding diaryl/α,β-unsaturated/α-hetero) is 1. The second-order valence-electron chi connectivity index (χ2n) is 4.50. The first kappa shape index (κ1) is 13.8. The Morgan fingerprint density at radius 2 is 1.79 bits per heavy atom. The number of carbonyl (C=O) groups is 1. The molecular weight excluding hydrogens is 257 g/mol. The van der Waals surface area contributed by atoms with E-state index in [4.69, 9.17) is 0 Å². The highest BCUT2D eigenvalue weighted by molar-refractivity contribution is 5.97. The van der Waals surface area contributed by atoms with E-state index >= 15 is 0 Å². The first-order chi connectivity index (χ1) is 8.89. The van der Waals surface area contributed by atoms with Crippen molar-refractivity contribution in [2.75, 3.05) is 0 Å². The SMILES string of the molecule is O=C1CCCC=C1C(O)c1ccc(C(F)(F)F)cc1. The lowest BCUT2D eigenvalue weighted by atomic mass is 9.90. The molecule has 0 heterocycles. The molecule has 0 bridgehead atoms. The van der Waals surface area contributed by atoms with E-state index < -0.39 is 17.8 Å². The largest absolute Gasteiger partial charge is 0.416 e. The Morgan fingerprint density at radius 3 is 2.32 bits per heavy atom. The van der Waals surface area contributed by atoms with Crippen molar-refractivity contribution in [1.82, 2.24) is 0 Å². The molecule has 0 aliphatic heterocycles. The van der Waals surface area contributed by atoms with Gasteiger partial charge < -0.3 is 5.11 Å². The van der Waals surface area contributed by atoms with Crippen molar-refractivity contribution in [3.05, 3.63) is 47.0 Å². The third-order valence-corrected chi connectivity index (χ3v) is 3.14. The number of aliphatic hydroxyl groups excluding tert-OH is 1. The van der Waals surface area contributed by atoms with E-state index in [9.17, 15) is 23.1 Å². The number of allylic oxidation sites excluding steroid dienone is 1. The molecule has 1 N–H and O–H groups in total. The van der Waals surface area contributed by atoms with Crippen molar-refractivity contribution in [1.29, 1.82) is 0 Å². The van der Waals surface area contributed by atoms with E-state index in [1.165, 1.54) is 12.1 Å². The van der Waals surface area contributed by atoms with Crippen LogP contribution in [0, 0.1) is 0 Å². The summed E-state index contributed by atoms with van der Waals surface area (Å²) in [4.78, 5) is 11.6. The van der Waals surface area contributed by atoms with Crippen LogP contribution in [0.3, 0.4) is 0 Å². The lowest BCUT2D eigenvalue weighted by Gasteiger charge is -2.18. The van der Waals surface area contributed by atoms with Gasteiger partial charge in [0.25, 0.3) is 0 Å². The van der Waals surface area contributed by atoms with Gasteiger partial charge in [0.1, 0.15) is 6.10 Å². The van der Waals surface area contributed by atoms with Gasteiger partial charge in [-0.3, -0.25) is 4.79 Å². The summed E-state index contributed by atoms with van der Waals surface area (Å²) in [5, 5.41) is 10.0. The average molecular weight is 270 g/mol. The highest BCUT2D eigenvalue weighted by atomic mass is 19.4. The van der Waals surface area contributed by atoms with Crippen molar-refractivity contribution >= 4 is 5.78 Å². The van der Waals surface area contributed by atoms with Gasteiger partial charge in [-0.15, -0.1) is 0 Å². The standard InChI is InChI=1S/C14H13F3O2/c15-14(16,17)10-7-5-9(6-8-10)13(19)11-3-1-2-4-12(11)18/h3,5-8,13,19H,1-2,4H2. The number of hydrogen-bond donors (Lipinski definition) is 1. The number of rotatable bonds is 2. The number of aliphatic hydroxyl groups is 1. The maximum Gasteiger partial charge on any atom is 0.416 e. The van der Waals surface area contributed by atoms with Crippen molar-refractivity contribution in [3.8, 4) is 0 Å². The Hall–Kier alpha value is -1.62. The van der Waals surface area contributed by atoms with E-state index in [1.54, 1.807) is 6.08 Å². The molecule has 19 heavy (non-hydrogen) atoms. The van der Waals surface area contributed by atoms with E-state index in [1.807, 2.05) is 0 Å². The first-order valence-electron chi connectivity index (χ1n) is 5.98. The van der Waals surface area contributed by atoms with Gasteiger partial charge in [-0.1, -0.05) is 18.2 Å². The summed E-state index contributed by atoms with van der Waals surface area (Å²) in [7, 11) is 0. The number of hydrogen-bond acceptors (Lipinski definition) is 2. The van der Waals surface area contributed by atoms with Gasteiger partial charge in [0, 0.05) is 12.0 Å². The van der Waals surface area contributed by atoms with Gasteiger partial charge in [-0.2, -0.15) is 13.2 Å². The highest BCUT2D eigenvalue weighted by Crippen LogP contribution is 2.32. The molecule has 1 aliphatic rings. The number of benzene rings is 1. The second kappa shape index (κ2) is 5.17. The number of carbonyl (C=O) groups excluding carboxylic acids is 1. The lowest BCUT2D eigenvalue weighted by molar-refractivity contribution is -0.137. The van der Waals surface area contributed by atoms with Gasteiger partial charge in [0.2, 0.25) is 0 Å². The molecule has 102 valence electrons. The quantitative estimate of drug-likeness (QED) is 0.894. The van der Waals surface area contributed by atoms with Gasteiger partial charge in [-0.25, -0.2) is 0 Å². The fourth-order valence-corrected chi connectivity index (χ4v) is 2.08. The number of ketones is 1. The molecule has 2 rings (SSSR count). The maximum atomic E-state index is 12.4. The minimum Gasteiger partial charge on any atom is -0.384 e. The zero-order valence-electron chi connectivity index (χ0n) is 10.1. The third kappa shape index (κ3) is 3.04. The Labute approximate surface area is 108 Å². The zero-order valence-corrected chi connectivity index (χ0v) is 10.1. The molecule has 0 saturated heterocycles. The molecule has 0 aromatic heterocycles. The van der Waals surface area contributed by atoms with Crippen LogP contribution in [0.4, 0.5) is 13.2 Å². The summed E-state index contributed by atoms with van der Waals surface area (Å²) in [6.07, 6.45) is -2.04. The van der Waals surface area contributed by atoms with Gasteiger partial charge in [0.15, 0.2) is 5.78 Å². The summed E-state index contributed by atoms with van der Waals surface area (Å²) < 4.78 is 37.2. The second-order valence-corrected chi connectivity index (χ2v) is 4.50. The van der Waals surface area contributed by atoms with Crippen LogP contribution in [-0.2, 0) is 11.0 Å². The fraction of sp³-hybridized carbons (Fsp3) is 0.357. The van der Waals surface area contributed by atoms with E-state index in [-0.39, 0.29) is 11.4 Å². The smallest absolute Gasteiger partial charge is 0.384 e. The summed E-state index contributed by atoms with van der Waals surface area (Å²) in [5.41, 5.74) is -0.187. The Kier molecular flexibility index (Phi) is 3.75. The summed E-state index contributed by atoms with van der Waals surface area (Å²) in [6, 6.07) is 4.23. The van der Waals surface area contributed by atoms with Crippen LogP contribution >= 0.6 is 0 Å². The minimum absolute atomic E-state index is 0.140. The molecule has 0 amide bonds. The number of halogens is 3. The van der Waals surface area contributed by atoms with Crippen molar-refractivity contribution in [3.63, 3.8) is 0 Å². The van der Waals surface area contributed by atoms with Crippen molar-refractivity contribution in [2.45, 2.75) is 31.5 Å². The van der Waals surface area contributed by atoms with Crippen LogP contribution in [0.25, 0.3) is 0 Å². The van der Waals surface area contributed by atoms with Gasteiger partial charge >= 0.3 is 6.18 Å². The Balaban J connectivity index is 2.23.